The second-order valence-electron chi connectivity index (χ2n) is 11.9. The molecule has 0 aromatic heterocycles. The zero-order valence-electron chi connectivity index (χ0n) is 25.2. The Hall–Kier alpha value is -2.73. The molecule has 5 amide bonds. The van der Waals surface area contributed by atoms with E-state index in [0.717, 1.165) is 90.5 Å². The van der Waals surface area contributed by atoms with Crippen LogP contribution in [0.25, 0.3) is 0 Å². The largest absolute Gasteiger partial charge is 0.379 e. The molecule has 0 radical (unpaired) electrons. The van der Waals surface area contributed by atoms with E-state index in [1.54, 1.807) is 4.90 Å². The van der Waals surface area contributed by atoms with Crippen LogP contribution in [0.3, 0.4) is 0 Å². The fraction of sp³-hybridized carbons (Fsp3) is 0.833. The average Bonchev–Trinajstić information content (AvgIpc) is 2.99. The standard InChI is InChI=1S/C30H52N6O6/c31-26(37)12-10-24-29(40)32-16-8-6-4-2-1-3-5-7-9-27(38)34-25(11-13-28(39)33-24)30(41)36-17-14-23(15-18-36)35-19-21-42-22-20-35/h23-25H,1-22H2,(H2,31,37)(H,32,40)(H,33,39)(H,34,38)/t24-,25-/m0/s1. The molecule has 12 nitrogen and oxygen atoms in total. The molecule has 3 rings (SSSR count). The molecule has 3 aliphatic rings. The minimum Gasteiger partial charge on any atom is -0.379 e. The Balaban J connectivity index is 1.62. The number of nitrogens with two attached hydrogens (primary N) is 1. The highest BCUT2D eigenvalue weighted by Crippen LogP contribution is 2.19. The quantitative estimate of drug-likeness (QED) is 0.370. The Labute approximate surface area is 250 Å². The summed E-state index contributed by atoms with van der Waals surface area (Å²) in [5, 5.41) is 8.51. The lowest BCUT2D eigenvalue weighted by Gasteiger charge is -2.40. The van der Waals surface area contributed by atoms with E-state index in [-0.39, 0.29) is 43.4 Å². The van der Waals surface area contributed by atoms with Crippen LogP contribution in [0.5, 0.6) is 0 Å². The number of piperidine rings is 1. The molecule has 0 bridgehead atoms. The van der Waals surface area contributed by atoms with Crippen LogP contribution >= 0.6 is 0 Å². The maximum Gasteiger partial charge on any atom is 0.245 e. The Morgan fingerprint density at radius 2 is 1.40 bits per heavy atom. The highest BCUT2D eigenvalue weighted by atomic mass is 16.5. The number of likely N-dealkylation sites (tertiary alicyclic amines) is 1. The van der Waals surface area contributed by atoms with Crippen LogP contribution in [0.1, 0.15) is 96.3 Å². The van der Waals surface area contributed by atoms with Gasteiger partial charge in [-0.25, -0.2) is 0 Å². The molecule has 0 aliphatic carbocycles. The minimum absolute atomic E-state index is 0.0318. The van der Waals surface area contributed by atoms with Crippen molar-refractivity contribution in [2.45, 2.75) is 114 Å². The smallest absolute Gasteiger partial charge is 0.245 e. The number of nitrogens with zero attached hydrogens (tertiary/aromatic N) is 2. The number of hydrogen-bond donors (Lipinski definition) is 4. The summed E-state index contributed by atoms with van der Waals surface area (Å²) >= 11 is 0. The van der Waals surface area contributed by atoms with E-state index in [0.29, 0.717) is 32.1 Å². The van der Waals surface area contributed by atoms with Gasteiger partial charge in [0.1, 0.15) is 12.1 Å². The average molecular weight is 593 g/mol. The molecular weight excluding hydrogens is 540 g/mol. The maximum atomic E-state index is 13.6. The first kappa shape index (κ1) is 33.8. The molecule has 42 heavy (non-hydrogen) atoms. The molecule has 2 atom stereocenters. The summed E-state index contributed by atoms with van der Waals surface area (Å²) in [5.74, 6) is -1.64. The highest BCUT2D eigenvalue weighted by molar-refractivity contribution is 5.90. The number of nitrogens with one attached hydrogen (secondary N) is 3. The summed E-state index contributed by atoms with van der Waals surface area (Å²) < 4.78 is 5.47. The molecule has 0 spiro atoms. The van der Waals surface area contributed by atoms with Gasteiger partial charge in [0, 0.05) is 58.0 Å². The molecule has 5 N–H and O–H groups in total. The third kappa shape index (κ3) is 12.2. The van der Waals surface area contributed by atoms with Crippen molar-refractivity contribution in [1.29, 1.82) is 0 Å². The number of primary amides is 1. The highest BCUT2D eigenvalue weighted by Gasteiger charge is 2.32. The molecule has 3 heterocycles. The number of carbonyl (C=O) groups excluding carboxylic acids is 5. The van der Waals surface area contributed by atoms with E-state index in [1.165, 1.54) is 0 Å². The molecule has 3 aliphatic heterocycles. The lowest BCUT2D eigenvalue weighted by Crippen LogP contribution is -2.54. The summed E-state index contributed by atoms with van der Waals surface area (Å²) in [5.41, 5.74) is 5.30. The van der Waals surface area contributed by atoms with Gasteiger partial charge in [-0.15, -0.1) is 0 Å². The molecule has 0 saturated carbocycles. The molecule has 3 fully saturated rings. The minimum atomic E-state index is -0.890. The van der Waals surface area contributed by atoms with Crippen LogP contribution in [0.15, 0.2) is 0 Å². The Morgan fingerprint density at radius 1 is 0.786 bits per heavy atom. The summed E-state index contributed by atoms with van der Waals surface area (Å²) in [7, 11) is 0. The van der Waals surface area contributed by atoms with Crippen LogP contribution < -0.4 is 21.7 Å². The number of amides is 5. The van der Waals surface area contributed by atoms with Gasteiger partial charge in [0.15, 0.2) is 0 Å². The first-order valence-electron chi connectivity index (χ1n) is 16.1. The molecular formula is C30H52N6O6. The lowest BCUT2D eigenvalue weighted by molar-refractivity contribution is -0.138. The zero-order chi connectivity index (χ0) is 30.2. The number of hydrogen-bond acceptors (Lipinski definition) is 7. The van der Waals surface area contributed by atoms with Crippen molar-refractivity contribution in [1.82, 2.24) is 25.8 Å². The van der Waals surface area contributed by atoms with Crippen molar-refractivity contribution in [3.05, 3.63) is 0 Å². The maximum absolute atomic E-state index is 13.6. The SMILES string of the molecule is NC(=O)CC[C@@H]1NC(=O)CC[C@@H](C(=O)N2CCC(N3CCOCC3)CC2)NC(=O)CCCCCCCCCCNC1=O. The van der Waals surface area contributed by atoms with Gasteiger partial charge in [0.25, 0.3) is 0 Å². The number of rotatable bonds is 5. The van der Waals surface area contributed by atoms with E-state index in [9.17, 15) is 24.0 Å². The van der Waals surface area contributed by atoms with Gasteiger partial charge < -0.3 is 31.3 Å². The van der Waals surface area contributed by atoms with Crippen molar-refractivity contribution in [2.75, 3.05) is 45.9 Å². The van der Waals surface area contributed by atoms with Gasteiger partial charge in [-0.2, -0.15) is 0 Å². The van der Waals surface area contributed by atoms with Gasteiger partial charge in [-0.3, -0.25) is 28.9 Å². The Kier molecular flexibility index (Phi) is 15.1. The molecule has 0 unspecified atom stereocenters. The van der Waals surface area contributed by atoms with Crippen molar-refractivity contribution in [3.8, 4) is 0 Å². The van der Waals surface area contributed by atoms with Crippen molar-refractivity contribution in [3.63, 3.8) is 0 Å². The lowest BCUT2D eigenvalue weighted by atomic mass is 10.0. The number of ether oxygens (including phenoxy) is 1. The third-order valence-corrected chi connectivity index (χ3v) is 8.59. The summed E-state index contributed by atoms with van der Waals surface area (Å²) in [4.78, 5) is 67.8. The summed E-state index contributed by atoms with van der Waals surface area (Å²) in [6.07, 6.45) is 10.2. The third-order valence-electron chi connectivity index (χ3n) is 8.59. The topological polar surface area (TPSA) is 163 Å². The van der Waals surface area contributed by atoms with E-state index in [2.05, 4.69) is 20.9 Å². The van der Waals surface area contributed by atoms with Gasteiger partial charge in [0.2, 0.25) is 29.5 Å². The number of carbonyl (C=O) groups is 5. The van der Waals surface area contributed by atoms with E-state index in [4.69, 9.17) is 10.5 Å². The fourth-order valence-electron chi connectivity index (χ4n) is 6.04. The van der Waals surface area contributed by atoms with Crippen molar-refractivity contribution < 1.29 is 28.7 Å². The van der Waals surface area contributed by atoms with E-state index >= 15 is 0 Å². The first-order valence-corrected chi connectivity index (χ1v) is 16.1. The van der Waals surface area contributed by atoms with E-state index in [1.807, 2.05) is 0 Å². The van der Waals surface area contributed by atoms with Crippen LogP contribution in [0, 0.1) is 0 Å². The second kappa shape index (κ2) is 18.7. The van der Waals surface area contributed by atoms with Gasteiger partial charge in [-0.1, -0.05) is 38.5 Å². The fourth-order valence-corrected chi connectivity index (χ4v) is 6.04. The Bertz CT molecular complexity index is 888. The predicted molar refractivity (Wildman–Crippen MR) is 158 cm³/mol. The number of morpholine rings is 1. The molecule has 238 valence electrons. The first-order chi connectivity index (χ1) is 20.3. The summed E-state index contributed by atoms with van der Waals surface area (Å²) in [6.45, 7) is 5.01. The summed E-state index contributed by atoms with van der Waals surface area (Å²) in [6, 6.07) is -1.29. The van der Waals surface area contributed by atoms with Gasteiger partial charge >= 0.3 is 0 Å². The molecule has 0 aromatic carbocycles. The van der Waals surface area contributed by atoms with Crippen LogP contribution in [0.4, 0.5) is 0 Å². The predicted octanol–water partition coefficient (Wildman–Crippen LogP) is 0.966. The molecule has 0 aromatic rings. The van der Waals surface area contributed by atoms with Crippen molar-refractivity contribution in [2.24, 2.45) is 5.73 Å². The van der Waals surface area contributed by atoms with Crippen LogP contribution in [0.2, 0.25) is 0 Å². The zero-order valence-corrected chi connectivity index (χ0v) is 25.2. The van der Waals surface area contributed by atoms with E-state index < -0.39 is 23.9 Å². The van der Waals surface area contributed by atoms with Gasteiger partial charge in [-0.05, 0) is 38.5 Å². The van der Waals surface area contributed by atoms with Gasteiger partial charge in [0.05, 0.1) is 13.2 Å². The monoisotopic (exact) mass is 592 g/mol. The van der Waals surface area contributed by atoms with Crippen molar-refractivity contribution >= 4 is 29.5 Å². The molecule has 3 saturated heterocycles. The Morgan fingerprint density at radius 3 is 2.07 bits per heavy atom. The molecule has 12 heteroatoms. The van der Waals surface area contributed by atoms with Crippen LogP contribution in [-0.4, -0.2) is 103 Å². The second-order valence-corrected chi connectivity index (χ2v) is 11.9. The van der Waals surface area contributed by atoms with Crippen LogP contribution in [-0.2, 0) is 28.7 Å². The normalized spacial score (nSPS) is 26.0.